The molecule has 0 radical (unpaired) electrons. The molecule has 1 aromatic rings. The van der Waals surface area contributed by atoms with Gasteiger partial charge in [-0.15, -0.1) is 11.6 Å². The Morgan fingerprint density at radius 1 is 1.62 bits per heavy atom. The van der Waals surface area contributed by atoms with Gasteiger partial charge in [0, 0.05) is 24.8 Å². The molecule has 0 saturated carbocycles. The van der Waals surface area contributed by atoms with Crippen molar-refractivity contribution in [2.24, 2.45) is 5.92 Å². The molecule has 1 saturated heterocycles. The highest BCUT2D eigenvalue weighted by Gasteiger charge is 2.24. The summed E-state index contributed by atoms with van der Waals surface area (Å²) in [5.41, 5.74) is 0.534. The van der Waals surface area contributed by atoms with E-state index in [4.69, 9.17) is 11.6 Å². The van der Waals surface area contributed by atoms with E-state index < -0.39 is 0 Å². The van der Waals surface area contributed by atoms with Gasteiger partial charge in [0.1, 0.15) is 0 Å². The molecule has 0 amide bonds. The second-order valence-electron chi connectivity index (χ2n) is 4.25. The molecule has 88 valence electrons. The van der Waals surface area contributed by atoms with Crippen molar-refractivity contribution in [1.29, 1.82) is 0 Å². The lowest BCUT2D eigenvalue weighted by Crippen LogP contribution is -2.22. The van der Waals surface area contributed by atoms with Crippen molar-refractivity contribution in [3.05, 3.63) is 23.6 Å². The first-order chi connectivity index (χ1) is 7.76. The van der Waals surface area contributed by atoms with Crippen LogP contribution in [-0.2, 0) is 5.88 Å². The largest absolute Gasteiger partial charge is 0.354 e. The molecule has 0 N–H and O–H groups in total. The predicted molar refractivity (Wildman–Crippen MR) is 64.4 cm³/mol. The monoisotopic (exact) mass is 242 g/mol. The van der Waals surface area contributed by atoms with Crippen LogP contribution in [0.4, 0.5) is 10.2 Å². The molecule has 2 heterocycles. The Balaban J connectivity index is 2.21. The van der Waals surface area contributed by atoms with Gasteiger partial charge < -0.3 is 4.90 Å². The van der Waals surface area contributed by atoms with Crippen molar-refractivity contribution in [2.75, 3.05) is 18.0 Å². The summed E-state index contributed by atoms with van der Waals surface area (Å²) in [5.74, 6) is 1.08. The topological polar surface area (TPSA) is 16.1 Å². The highest BCUT2D eigenvalue weighted by molar-refractivity contribution is 6.17. The number of aromatic nitrogens is 1. The molecule has 1 aliphatic rings. The zero-order chi connectivity index (χ0) is 11.5. The molecule has 2 nitrogen and oxygen atoms in total. The van der Waals surface area contributed by atoms with E-state index in [9.17, 15) is 4.39 Å². The zero-order valence-electron chi connectivity index (χ0n) is 9.42. The molecule has 1 aliphatic heterocycles. The van der Waals surface area contributed by atoms with Crippen LogP contribution in [0.1, 0.15) is 25.3 Å². The van der Waals surface area contributed by atoms with Gasteiger partial charge >= 0.3 is 0 Å². The molecule has 0 bridgehead atoms. The summed E-state index contributed by atoms with van der Waals surface area (Å²) in [6.07, 6.45) is 3.91. The molecule has 16 heavy (non-hydrogen) atoms. The Kier molecular flexibility index (Phi) is 3.64. The number of nitrogens with zero attached hydrogens (tertiary/aromatic N) is 2. The normalized spacial score (nSPS) is 20.4. The summed E-state index contributed by atoms with van der Waals surface area (Å²) >= 11 is 5.68. The van der Waals surface area contributed by atoms with Gasteiger partial charge in [-0.3, -0.25) is 0 Å². The van der Waals surface area contributed by atoms with Crippen LogP contribution in [0, 0.1) is 11.7 Å². The second kappa shape index (κ2) is 5.00. The fraction of sp³-hybridized carbons (Fsp3) is 0.583. The van der Waals surface area contributed by atoms with Crippen molar-refractivity contribution in [1.82, 2.24) is 4.98 Å². The average molecular weight is 243 g/mol. The van der Waals surface area contributed by atoms with Crippen LogP contribution in [-0.4, -0.2) is 18.1 Å². The Bertz CT molecular complexity index is 370. The highest BCUT2D eigenvalue weighted by Crippen LogP contribution is 2.27. The Morgan fingerprint density at radius 3 is 3.06 bits per heavy atom. The lowest BCUT2D eigenvalue weighted by molar-refractivity contribution is 0.565. The molecule has 1 unspecified atom stereocenters. The third kappa shape index (κ3) is 2.14. The molecule has 0 aromatic carbocycles. The number of hydrogen-bond acceptors (Lipinski definition) is 2. The predicted octanol–water partition coefficient (Wildman–Crippen LogP) is 3.20. The molecule has 1 fully saturated rings. The molecular weight excluding hydrogens is 227 g/mol. The van der Waals surface area contributed by atoms with Gasteiger partial charge in [-0.05, 0) is 18.4 Å². The van der Waals surface area contributed by atoms with E-state index in [1.54, 1.807) is 12.3 Å². The van der Waals surface area contributed by atoms with E-state index in [1.807, 2.05) is 4.90 Å². The summed E-state index contributed by atoms with van der Waals surface area (Å²) < 4.78 is 14.0. The van der Waals surface area contributed by atoms with Gasteiger partial charge in [0.15, 0.2) is 11.6 Å². The van der Waals surface area contributed by atoms with E-state index in [-0.39, 0.29) is 11.7 Å². The molecule has 4 heteroatoms. The minimum Gasteiger partial charge on any atom is -0.354 e. The third-order valence-electron chi connectivity index (χ3n) is 3.26. The van der Waals surface area contributed by atoms with E-state index >= 15 is 0 Å². The van der Waals surface area contributed by atoms with Gasteiger partial charge in [0.05, 0.1) is 5.88 Å². The number of pyridine rings is 1. The molecule has 1 atom stereocenters. The van der Waals surface area contributed by atoms with Crippen LogP contribution in [0.15, 0.2) is 12.3 Å². The quantitative estimate of drug-likeness (QED) is 0.757. The molecule has 0 aliphatic carbocycles. The van der Waals surface area contributed by atoms with Crippen molar-refractivity contribution in [3.63, 3.8) is 0 Å². The number of hydrogen-bond donors (Lipinski definition) is 0. The van der Waals surface area contributed by atoms with E-state index in [2.05, 4.69) is 11.9 Å². The molecule has 1 aromatic heterocycles. The van der Waals surface area contributed by atoms with Crippen LogP contribution in [0.5, 0.6) is 0 Å². The van der Waals surface area contributed by atoms with Crippen molar-refractivity contribution in [3.8, 4) is 0 Å². The number of anilines is 1. The lowest BCUT2D eigenvalue weighted by atomic mass is 10.1. The van der Waals surface area contributed by atoms with Gasteiger partial charge in [-0.1, -0.05) is 13.3 Å². The molecular formula is C12H16ClFN2. The first-order valence-electron chi connectivity index (χ1n) is 5.70. The van der Waals surface area contributed by atoms with E-state index in [0.29, 0.717) is 17.3 Å². The van der Waals surface area contributed by atoms with Gasteiger partial charge in [0.2, 0.25) is 0 Å². The Hall–Kier alpha value is -0.830. The van der Waals surface area contributed by atoms with Crippen LogP contribution in [0.25, 0.3) is 0 Å². The fourth-order valence-corrected chi connectivity index (χ4v) is 2.36. The number of alkyl halides is 1. The summed E-state index contributed by atoms with van der Waals surface area (Å²) in [4.78, 5) is 6.16. The minimum absolute atomic E-state index is 0.201. The van der Waals surface area contributed by atoms with E-state index in [0.717, 1.165) is 25.9 Å². The Morgan fingerprint density at radius 2 is 2.44 bits per heavy atom. The standard InChI is InChI=1S/C12H16ClFN2/c1-2-9-4-6-16(8-9)12-11(14)10(7-13)3-5-15-12/h3,5,9H,2,4,6-8H2,1H3. The SMILES string of the molecule is CCC1CCN(c2nccc(CCl)c2F)C1. The highest BCUT2D eigenvalue weighted by atomic mass is 35.5. The smallest absolute Gasteiger partial charge is 0.170 e. The van der Waals surface area contributed by atoms with Gasteiger partial charge in [0.25, 0.3) is 0 Å². The zero-order valence-corrected chi connectivity index (χ0v) is 10.2. The van der Waals surface area contributed by atoms with Crippen LogP contribution in [0.3, 0.4) is 0 Å². The summed E-state index contributed by atoms with van der Waals surface area (Å²) in [6, 6.07) is 1.64. The summed E-state index contributed by atoms with van der Waals surface area (Å²) in [6.45, 7) is 3.98. The maximum atomic E-state index is 14.0. The fourth-order valence-electron chi connectivity index (χ4n) is 2.15. The third-order valence-corrected chi connectivity index (χ3v) is 3.55. The van der Waals surface area contributed by atoms with Crippen molar-refractivity contribution in [2.45, 2.75) is 25.6 Å². The van der Waals surface area contributed by atoms with Gasteiger partial charge in [-0.2, -0.15) is 0 Å². The number of rotatable bonds is 3. The van der Waals surface area contributed by atoms with Crippen molar-refractivity contribution < 1.29 is 4.39 Å². The van der Waals surface area contributed by atoms with Crippen LogP contribution >= 0.6 is 11.6 Å². The minimum atomic E-state index is -0.255. The second-order valence-corrected chi connectivity index (χ2v) is 4.52. The van der Waals surface area contributed by atoms with Crippen LogP contribution < -0.4 is 4.90 Å². The molecule has 0 spiro atoms. The van der Waals surface area contributed by atoms with Gasteiger partial charge in [-0.25, -0.2) is 9.37 Å². The first-order valence-corrected chi connectivity index (χ1v) is 6.24. The Labute approximate surface area is 100 Å². The van der Waals surface area contributed by atoms with E-state index in [1.165, 1.54) is 0 Å². The summed E-state index contributed by atoms with van der Waals surface area (Å²) in [7, 11) is 0. The van der Waals surface area contributed by atoms with Crippen LogP contribution in [0.2, 0.25) is 0 Å². The van der Waals surface area contributed by atoms with Crippen molar-refractivity contribution >= 4 is 17.4 Å². The summed E-state index contributed by atoms with van der Waals surface area (Å²) in [5, 5.41) is 0. The lowest BCUT2D eigenvalue weighted by Gasteiger charge is -2.18. The average Bonchev–Trinajstić information content (AvgIpc) is 2.78. The maximum absolute atomic E-state index is 14.0. The molecule has 2 rings (SSSR count). The number of halogens is 2. The first kappa shape index (κ1) is 11.6. The maximum Gasteiger partial charge on any atom is 0.170 e.